The first-order valence-electron chi connectivity index (χ1n) is 4.69. The van der Waals surface area contributed by atoms with E-state index in [9.17, 15) is 0 Å². The number of hydrogen-bond acceptors (Lipinski definition) is 0. The zero-order valence-electron chi connectivity index (χ0n) is 8.48. The minimum absolute atomic E-state index is 1.09. The molecule has 0 radical (unpaired) electrons. The highest BCUT2D eigenvalue weighted by Crippen LogP contribution is 1.84. The Bertz CT molecular complexity index is 224. The molecule has 0 aliphatic rings. The minimum Gasteiger partial charge on any atom is -0.0877 e. The van der Waals surface area contributed by atoms with Crippen LogP contribution in [-0.2, 0) is 0 Å². The SMILES string of the molecule is CC=CC=CC=CC=CC=CCC. The average molecular weight is 174 g/mol. The van der Waals surface area contributed by atoms with Crippen molar-refractivity contribution in [2.75, 3.05) is 0 Å². The van der Waals surface area contributed by atoms with Crippen molar-refractivity contribution in [3.05, 3.63) is 60.8 Å². The van der Waals surface area contributed by atoms with Crippen LogP contribution in [0.5, 0.6) is 0 Å². The summed E-state index contributed by atoms with van der Waals surface area (Å²) in [6, 6.07) is 0. The smallest absolute Gasteiger partial charge is 0.0376 e. The molecular weight excluding hydrogens is 156 g/mol. The molecule has 0 rings (SSSR count). The van der Waals surface area contributed by atoms with Crippen molar-refractivity contribution in [1.82, 2.24) is 0 Å². The Morgan fingerprint density at radius 3 is 1.62 bits per heavy atom. The number of hydrogen-bond donors (Lipinski definition) is 0. The van der Waals surface area contributed by atoms with Crippen LogP contribution in [0, 0.1) is 0 Å². The van der Waals surface area contributed by atoms with Crippen molar-refractivity contribution in [3.8, 4) is 0 Å². The van der Waals surface area contributed by atoms with Crippen molar-refractivity contribution in [1.29, 1.82) is 0 Å². The van der Waals surface area contributed by atoms with Gasteiger partial charge in [0, 0.05) is 0 Å². The summed E-state index contributed by atoms with van der Waals surface area (Å²) in [5.41, 5.74) is 0. The molecule has 13 heavy (non-hydrogen) atoms. The lowest BCUT2D eigenvalue weighted by atomic mass is 10.3. The van der Waals surface area contributed by atoms with E-state index < -0.39 is 0 Å². The second-order valence-electron chi connectivity index (χ2n) is 2.52. The van der Waals surface area contributed by atoms with E-state index in [0.29, 0.717) is 0 Å². The molecule has 0 unspecified atom stereocenters. The van der Waals surface area contributed by atoms with Crippen LogP contribution in [0.15, 0.2) is 60.8 Å². The molecule has 0 heterocycles. The van der Waals surface area contributed by atoms with Gasteiger partial charge < -0.3 is 0 Å². The molecule has 0 aliphatic carbocycles. The van der Waals surface area contributed by atoms with Crippen LogP contribution in [0.25, 0.3) is 0 Å². The Morgan fingerprint density at radius 1 is 0.692 bits per heavy atom. The van der Waals surface area contributed by atoms with Gasteiger partial charge in [-0.1, -0.05) is 67.7 Å². The number of allylic oxidation sites excluding steroid dienone is 10. The van der Waals surface area contributed by atoms with E-state index in [4.69, 9.17) is 0 Å². The van der Waals surface area contributed by atoms with E-state index >= 15 is 0 Å². The van der Waals surface area contributed by atoms with E-state index in [1.807, 2.05) is 55.5 Å². The molecule has 0 aromatic heterocycles. The van der Waals surface area contributed by atoms with E-state index in [1.54, 1.807) is 0 Å². The molecular formula is C13H18. The summed E-state index contributed by atoms with van der Waals surface area (Å²) in [4.78, 5) is 0. The largest absolute Gasteiger partial charge is 0.0877 e. The molecule has 0 heteroatoms. The zero-order chi connectivity index (χ0) is 9.78. The Kier molecular flexibility index (Phi) is 9.63. The lowest BCUT2D eigenvalue weighted by Gasteiger charge is -1.74. The topological polar surface area (TPSA) is 0 Å². The molecule has 0 spiro atoms. The van der Waals surface area contributed by atoms with Crippen LogP contribution in [0.2, 0.25) is 0 Å². The Hall–Kier alpha value is -1.30. The highest BCUT2D eigenvalue weighted by molar-refractivity contribution is 5.17. The molecule has 0 atom stereocenters. The Morgan fingerprint density at radius 2 is 1.15 bits per heavy atom. The first-order chi connectivity index (χ1) is 6.41. The van der Waals surface area contributed by atoms with Gasteiger partial charge in [-0.3, -0.25) is 0 Å². The summed E-state index contributed by atoms with van der Waals surface area (Å²) in [7, 11) is 0. The maximum Gasteiger partial charge on any atom is -0.0376 e. The molecule has 0 nitrogen and oxygen atoms in total. The molecule has 0 aromatic carbocycles. The molecule has 0 saturated carbocycles. The standard InChI is InChI=1S/C13H18/c1-3-5-7-9-11-13-12-10-8-6-4-2/h3,5-13H,4H2,1-2H3. The molecule has 0 saturated heterocycles. The second kappa shape index (κ2) is 10.7. The van der Waals surface area contributed by atoms with Gasteiger partial charge in [0.2, 0.25) is 0 Å². The molecule has 0 aromatic rings. The van der Waals surface area contributed by atoms with E-state index in [0.717, 1.165) is 6.42 Å². The fraction of sp³-hybridized carbons (Fsp3) is 0.231. The Balaban J connectivity index is 3.62. The summed E-state index contributed by atoms with van der Waals surface area (Å²) in [6.45, 7) is 4.13. The van der Waals surface area contributed by atoms with Crippen LogP contribution < -0.4 is 0 Å². The van der Waals surface area contributed by atoms with Gasteiger partial charge in [-0.2, -0.15) is 0 Å². The van der Waals surface area contributed by atoms with Gasteiger partial charge in [0.15, 0.2) is 0 Å². The van der Waals surface area contributed by atoms with Crippen LogP contribution in [-0.4, -0.2) is 0 Å². The van der Waals surface area contributed by atoms with Crippen molar-refractivity contribution in [3.63, 3.8) is 0 Å². The normalized spacial score (nSPS) is 13.7. The van der Waals surface area contributed by atoms with Crippen molar-refractivity contribution in [2.24, 2.45) is 0 Å². The van der Waals surface area contributed by atoms with Crippen LogP contribution in [0.3, 0.4) is 0 Å². The van der Waals surface area contributed by atoms with E-state index in [-0.39, 0.29) is 0 Å². The van der Waals surface area contributed by atoms with Crippen molar-refractivity contribution < 1.29 is 0 Å². The van der Waals surface area contributed by atoms with Crippen LogP contribution in [0.4, 0.5) is 0 Å². The first-order valence-corrected chi connectivity index (χ1v) is 4.69. The van der Waals surface area contributed by atoms with E-state index in [2.05, 4.69) is 19.1 Å². The monoisotopic (exact) mass is 174 g/mol. The van der Waals surface area contributed by atoms with Crippen molar-refractivity contribution in [2.45, 2.75) is 20.3 Å². The lowest BCUT2D eigenvalue weighted by Crippen LogP contribution is -1.53. The summed E-state index contributed by atoms with van der Waals surface area (Å²) in [6.07, 6.45) is 21.4. The highest BCUT2D eigenvalue weighted by Gasteiger charge is 1.63. The van der Waals surface area contributed by atoms with Gasteiger partial charge in [0.05, 0.1) is 0 Å². The fourth-order valence-electron chi connectivity index (χ4n) is 0.711. The van der Waals surface area contributed by atoms with Crippen LogP contribution in [0.1, 0.15) is 20.3 Å². The quantitative estimate of drug-likeness (QED) is 0.548. The Labute approximate surface area is 81.7 Å². The molecule has 0 amide bonds. The van der Waals surface area contributed by atoms with Gasteiger partial charge in [-0.25, -0.2) is 0 Å². The summed E-state index contributed by atoms with van der Waals surface area (Å²) < 4.78 is 0. The number of rotatable bonds is 5. The zero-order valence-corrected chi connectivity index (χ0v) is 8.48. The fourth-order valence-corrected chi connectivity index (χ4v) is 0.711. The summed E-state index contributed by atoms with van der Waals surface area (Å²) >= 11 is 0. The summed E-state index contributed by atoms with van der Waals surface area (Å²) in [5, 5.41) is 0. The predicted molar refractivity (Wildman–Crippen MR) is 61.7 cm³/mol. The maximum absolute atomic E-state index is 2.12. The minimum atomic E-state index is 1.09. The van der Waals surface area contributed by atoms with Gasteiger partial charge in [0.1, 0.15) is 0 Å². The van der Waals surface area contributed by atoms with Gasteiger partial charge in [-0.05, 0) is 13.3 Å². The molecule has 70 valence electrons. The molecule has 0 fully saturated rings. The first kappa shape index (κ1) is 11.7. The third kappa shape index (κ3) is 10.7. The van der Waals surface area contributed by atoms with Crippen molar-refractivity contribution >= 4 is 0 Å². The van der Waals surface area contributed by atoms with E-state index in [1.165, 1.54) is 0 Å². The summed E-state index contributed by atoms with van der Waals surface area (Å²) in [5.74, 6) is 0. The predicted octanol–water partition coefficient (Wildman–Crippen LogP) is 4.20. The second-order valence-corrected chi connectivity index (χ2v) is 2.52. The molecule has 0 N–H and O–H groups in total. The average Bonchev–Trinajstić information content (AvgIpc) is 2.16. The van der Waals surface area contributed by atoms with Gasteiger partial charge >= 0.3 is 0 Å². The van der Waals surface area contributed by atoms with Gasteiger partial charge in [0.25, 0.3) is 0 Å². The third-order valence-electron chi connectivity index (χ3n) is 1.34. The molecule has 0 bridgehead atoms. The maximum atomic E-state index is 2.12. The third-order valence-corrected chi connectivity index (χ3v) is 1.34. The highest BCUT2D eigenvalue weighted by atomic mass is 13.7. The van der Waals surface area contributed by atoms with Crippen LogP contribution >= 0.6 is 0 Å². The molecule has 0 aliphatic heterocycles. The van der Waals surface area contributed by atoms with Gasteiger partial charge in [-0.15, -0.1) is 0 Å². The lowest BCUT2D eigenvalue weighted by molar-refractivity contribution is 1.22.